The summed E-state index contributed by atoms with van der Waals surface area (Å²) < 4.78 is 0. The smallest absolute Gasteiger partial charge is 0.00780 e. The Kier molecular flexibility index (Phi) is 4.64. The van der Waals surface area contributed by atoms with Crippen LogP contribution in [-0.2, 0) is 0 Å². The van der Waals surface area contributed by atoms with Gasteiger partial charge in [-0.25, -0.2) is 0 Å². The van der Waals surface area contributed by atoms with Crippen molar-refractivity contribution >= 4 is 11.8 Å². The monoisotopic (exact) mass is 200 g/mol. The summed E-state index contributed by atoms with van der Waals surface area (Å²) in [6.45, 7) is 9.33. The summed E-state index contributed by atoms with van der Waals surface area (Å²) in [5.74, 6) is 1.96. The van der Waals surface area contributed by atoms with Gasteiger partial charge in [0.15, 0.2) is 0 Å². The van der Waals surface area contributed by atoms with Crippen molar-refractivity contribution in [1.82, 2.24) is 0 Å². The second kappa shape index (κ2) is 5.29. The molecule has 0 bridgehead atoms. The van der Waals surface area contributed by atoms with Gasteiger partial charge in [-0.15, -0.1) is 0 Å². The van der Waals surface area contributed by atoms with E-state index in [0.29, 0.717) is 0 Å². The van der Waals surface area contributed by atoms with E-state index >= 15 is 0 Å². The topological polar surface area (TPSA) is 0 Å². The van der Waals surface area contributed by atoms with Crippen LogP contribution in [0.15, 0.2) is 0 Å². The summed E-state index contributed by atoms with van der Waals surface area (Å²) >= 11 is 2.21. The molecule has 0 aromatic heterocycles. The maximum Gasteiger partial charge on any atom is 0.00780 e. The highest BCUT2D eigenvalue weighted by molar-refractivity contribution is 8.00. The lowest BCUT2D eigenvalue weighted by Gasteiger charge is -2.19. The van der Waals surface area contributed by atoms with Crippen LogP contribution in [0, 0.1) is 11.8 Å². The second-order valence-electron chi connectivity index (χ2n) is 5.03. The van der Waals surface area contributed by atoms with Gasteiger partial charge in [0.2, 0.25) is 0 Å². The van der Waals surface area contributed by atoms with Crippen LogP contribution in [0.25, 0.3) is 0 Å². The van der Waals surface area contributed by atoms with E-state index in [9.17, 15) is 0 Å². The molecule has 0 radical (unpaired) electrons. The predicted molar refractivity (Wildman–Crippen MR) is 63.3 cm³/mol. The normalized spacial score (nSPS) is 19.8. The lowest BCUT2D eigenvalue weighted by atomic mass is 10.0. The number of rotatable bonds is 6. The van der Waals surface area contributed by atoms with Gasteiger partial charge >= 0.3 is 0 Å². The molecule has 1 rings (SSSR count). The van der Waals surface area contributed by atoms with Gasteiger partial charge in [-0.05, 0) is 42.8 Å². The van der Waals surface area contributed by atoms with E-state index in [4.69, 9.17) is 0 Å². The molecule has 0 aliphatic heterocycles. The van der Waals surface area contributed by atoms with E-state index in [0.717, 1.165) is 22.3 Å². The average Bonchev–Trinajstić information content (AvgIpc) is 2.78. The molecule has 0 unspecified atom stereocenters. The van der Waals surface area contributed by atoms with Crippen LogP contribution in [0.2, 0.25) is 0 Å². The van der Waals surface area contributed by atoms with Gasteiger partial charge in [-0.3, -0.25) is 0 Å². The molecule has 13 heavy (non-hydrogen) atoms. The Labute approximate surface area is 87.9 Å². The van der Waals surface area contributed by atoms with Crippen molar-refractivity contribution in [2.24, 2.45) is 11.8 Å². The highest BCUT2D eigenvalue weighted by atomic mass is 32.2. The molecule has 0 amide bonds. The Hall–Kier alpha value is 0.350. The summed E-state index contributed by atoms with van der Waals surface area (Å²) in [4.78, 5) is 0. The molecule has 1 fully saturated rings. The Morgan fingerprint density at radius 2 is 1.69 bits per heavy atom. The zero-order valence-electron chi connectivity index (χ0n) is 9.55. The second-order valence-corrected chi connectivity index (χ2v) is 6.85. The fourth-order valence-electron chi connectivity index (χ4n) is 1.73. The fourth-order valence-corrected chi connectivity index (χ4v) is 3.20. The fraction of sp³-hybridized carbons (Fsp3) is 1.00. The third-order valence-corrected chi connectivity index (χ3v) is 4.14. The molecule has 1 saturated carbocycles. The van der Waals surface area contributed by atoms with Crippen molar-refractivity contribution in [1.29, 1.82) is 0 Å². The van der Waals surface area contributed by atoms with E-state index in [1.54, 1.807) is 0 Å². The van der Waals surface area contributed by atoms with Gasteiger partial charge < -0.3 is 0 Å². The molecule has 1 aliphatic rings. The Morgan fingerprint density at radius 3 is 2.08 bits per heavy atom. The number of hydrogen-bond donors (Lipinski definition) is 0. The highest BCUT2D eigenvalue weighted by Gasteiger charge is 2.31. The first-order valence-electron chi connectivity index (χ1n) is 5.75. The number of hydrogen-bond acceptors (Lipinski definition) is 1. The predicted octanol–water partition coefficient (Wildman–Crippen LogP) is 4.34. The van der Waals surface area contributed by atoms with Gasteiger partial charge in [0, 0.05) is 5.25 Å². The highest BCUT2D eigenvalue weighted by Crippen LogP contribution is 2.42. The Balaban J connectivity index is 2.21. The van der Waals surface area contributed by atoms with Gasteiger partial charge in [-0.2, -0.15) is 11.8 Å². The van der Waals surface area contributed by atoms with Crippen molar-refractivity contribution in [2.75, 3.05) is 0 Å². The maximum absolute atomic E-state index is 2.34. The largest absolute Gasteiger partial charge is 0.155 e. The summed E-state index contributed by atoms with van der Waals surface area (Å²) in [5.41, 5.74) is 0. The van der Waals surface area contributed by atoms with Crippen molar-refractivity contribution < 1.29 is 0 Å². The van der Waals surface area contributed by atoms with E-state index in [-0.39, 0.29) is 0 Å². The van der Waals surface area contributed by atoms with Crippen LogP contribution in [-0.4, -0.2) is 10.5 Å². The van der Waals surface area contributed by atoms with Crippen LogP contribution in [0.4, 0.5) is 0 Å². The van der Waals surface area contributed by atoms with E-state index in [1.807, 2.05) is 0 Å². The van der Waals surface area contributed by atoms with Crippen LogP contribution < -0.4 is 0 Å². The minimum Gasteiger partial charge on any atom is -0.155 e. The van der Waals surface area contributed by atoms with E-state index in [1.165, 1.54) is 25.7 Å². The lowest BCUT2D eigenvalue weighted by molar-refractivity contribution is 0.528. The summed E-state index contributed by atoms with van der Waals surface area (Å²) in [5, 5.41) is 1.79. The van der Waals surface area contributed by atoms with Gasteiger partial charge in [0.05, 0.1) is 0 Å². The van der Waals surface area contributed by atoms with Crippen LogP contribution >= 0.6 is 11.8 Å². The zero-order valence-corrected chi connectivity index (χ0v) is 10.4. The van der Waals surface area contributed by atoms with Crippen molar-refractivity contribution in [3.8, 4) is 0 Å². The van der Waals surface area contributed by atoms with Crippen molar-refractivity contribution in [3.63, 3.8) is 0 Å². The minimum atomic E-state index is 0.817. The van der Waals surface area contributed by atoms with Crippen molar-refractivity contribution in [2.45, 2.75) is 63.9 Å². The molecular weight excluding hydrogens is 176 g/mol. The molecule has 0 saturated heterocycles. The standard InChI is InChI=1S/C12H24S/c1-9(2)5-8-12(11-6-7-11)13-10(3)4/h9-12H,5-8H2,1-4H3/t12-/m0/s1. The molecular formula is C12H24S. The SMILES string of the molecule is CC(C)CC[C@H](SC(C)C)C1CC1. The quantitative estimate of drug-likeness (QED) is 0.614. The lowest BCUT2D eigenvalue weighted by Crippen LogP contribution is -2.10. The van der Waals surface area contributed by atoms with E-state index in [2.05, 4.69) is 39.5 Å². The summed E-state index contributed by atoms with van der Waals surface area (Å²) in [6, 6.07) is 0. The van der Waals surface area contributed by atoms with Crippen LogP contribution in [0.3, 0.4) is 0 Å². The van der Waals surface area contributed by atoms with Crippen molar-refractivity contribution in [3.05, 3.63) is 0 Å². The molecule has 1 aliphatic carbocycles. The minimum absolute atomic E-state index is 0.817. The Bertz CT molecular complexity index is 136. The molecule has 1 heteroatoms. The Morgan fingerprint density at radius 1 is 1.08 bits per heavy atom. The summed E-state index contributed by atoms with van der Waals surface area (Å²) in [7, 11) is 0. The molecule has 0 aromatic rings. The first kappa shape index (κ1) is 11.4. The molecule has 0 nitrogen and oxygen atoms in total. The van der Waals surface area contributed by atoms with Crippen LogP contribution in [0.5, 0.6) is 0 Å². The molecule has 0 aromatic carbocycles. The number of thioether (sulfide) groups is 1. The third-order valence-electron chi connectivity index (χ3n) is 2.62. The van der Waals surface area contributed by atoms with Crippen LogP contribution in [0.1, 0.15) is 53.4 Å². The van der Waals surface area contributed by atoms with E-state index < -0.39 is 0 Å². The average molecular weight is 200 g/mol. The first-order chi connectivity index (χ1) is 6.09. The molecule has 1 atom stereocenters. The van der Waals surface area contributed by atoms with Gasteiger partial charge in [0.1, 0.15) is 0 Å². The first-order valence-corrected chi connectivity index (χ1v) is 6.69. The molecule has 78 valence electrons. The third kappa shape index (κ3) is 4.95. The van der Waals surface area contributed by atoms with Gasteiger partial charge in [-0.1, -0.05) is 27.7 Å². The maximum atomic E-state index is 2.34. The molecule has 0 heterocycles. The molecule has 0 spiro atoms. The zero-order chi connectivity index (χ0) is 9.84. The summed E-state index contributed by atoms with van der Waals surface area (Å²) in [6.07, 6.45) is 5.87. The molecule has 0 N–H and O–H groups in total. The van der Waals surface area contributed by atoms with Gasteiger partial charge in [0.25, 0.3) is 0 Å².